The molecule has 0 aliphatic rings. The van der Waals surface area contributed by atoms with Crippen LogP contribution in [0.4, 0.5) is 23.2 Å². The van der Waals surface area contributed by atoms with Gasteiger partial charge >= 0.3 is 6.18 Å². The molecule has 0 saturated carbocycles. The minimum atomic E-state index is -4.75. The molecule has 2 rings (SSSR count). The maximum Gasteiger partial charge on any atom is 0.416 e. The molecule has 0 N–H and O–H groups in total. The second-order valence-electron chi connectivity index (χ2n) is 4.04. The van der Waals surface area contributed by atoms with Gasteiger partial charge in [-0.3, -0.25) is 10.1 Å². The van der Waals surface area contributed by atoms with Crippen LogP contribution in [0.15, 0.2) is 30.3 Å². The molecule has 22 heavy (non-hydrogen) atoms. The molecule has 0 aromatic heterocycles. The molecule has 9 heteroatoms. The molecule has 0 fully saturated rings. The van der Waals surface area contributed by atoms with Crippen LogP contribution < -0.4 is 4.74 Å². The van der Waals surface area contributed by atoms with Gasteiger partial charge in [-0.2, -0.15) is 13.2 Å². The summed E-state index contributed by atoms with van der Waals surface area (Å²) in [6.07, 6.45) is -4.75. The van der Waals surface area contributed by atoms with E-state index in [0.29, 0.717) is 6.07 Å². The van der Waals surface area contributed by atoms with E-state index < -0.39 is 33.3 Å². The van der Waals surface area contributed by atoms with Gasteiger partial charge in [0.15, 0.2) is 11.6 Å². The maximum absolute atomic E-state index is 13.7. The van der Waals surface area contributed by atoms with Crippen LogP contribution >= 0.6 is 11.6 Å². The molecular weight excluding hydrogens is 330 g/mol. The lowest BCUT2D eigenvalue weighted by molar-refractivity contribution is -0.385. The van der Waals surface area contributed by atoms with Crippen molar-refractivity contribution in [3.63, 3.8) is 0 Å². The number of non-ortho nitro benzene ring substituents is 1. The Kier molecular flexibility index (Phi) is 4.23. The van der Waals surface area contributed by atoms with Crippen LogP contribution in [-0.4, -0.2) is 4.92 Å². The van der Waals surface area contributed by atoms with Gasteiger partial charge in [-0.15, -0.1) is 0 Å². The Balaban J connectivity index is 2.32. The SMILES string of the molecule is O=[N+]([O-])c1[c]cc(Oc2c(F)cc(C(F)(F)F)cc2Cl)cc1. The Morgan fingerprint density at radius 1 is 1.27 bits per heavy atom. The van der Waals surface area contributed by atoms with Gasteiger partial charge < -0.3 is 4.74 Å². The molecular formula is C13H5ClF4NO3. The van der Waals surface area contributed by atoms with Gasteiger partial charge in [-0.05, 0) is 24.3 Å². The van der Waals surface area contributed by atoms with Gasteiger partial charge in [0, 0.05) is 6.07 Å². The number of halogens is 5. The topological polar surface area (TPSA) is 52.4 Å². The number of alkyl halides is 3. The first-order valence-corrected chi connectivity index (χ1v) is 5.96. The molecule has 0 heterocycles. The Bertz CT molecular complexity index is 693. The average molecular weight is 335 g/mol. The fraction of sp³-hybridized carbons (Fsp3) is 0.0769. The zero-order chi connectivity index (χ0) is 16.5. The van der Waals surface area contributed by atoms with Crippen molar-refractivity contribution in [2.75, 3.05) is 0 Å². The number of nitrogens with zero attached hydrogens (tertiary/aromatic N) is 1. The molecule has 2 aromatic carbocycles. The van der Waals surface area contributed by atoms with Gasteiger partial charge in [0.2, 0.25) is 0 Å². The van der Waals surface area contributed by atoms with E-state index in [2.05, 4.69) is 6.07 Å². The van der Waals surface area contributed by atoms with E-state index in [-0.39, 0.29) is 17.5 Å². The fourth-order valence-corrected chi connectivity index (χ4v) is 1.76. The van der Waals surface area contributed by atoms with Gasteiger partial charge in [0.25, 0.3) is 5.69 Å². The van der Waals surface area contributed by atoms with E-state index in [9.17, 15) is 27.7 Å². The highest BCUT2D eigenvalue weighted by Gasteiger charge is 2.32. The third kappa shape index (κ3) is 3.45. The predicted molar refractivity (Wildman–Crippen MR) is 68.4 cm³/mol. The summed E-state index contributed by atoms with van der Waals surface area (Å²) in [7, 11) is 0. The lowest BCUT2D eigenvalue weighted by Crippen LogP contribution is -2.06. The largest absolute Gasteiger partial charge is 0.453 e. The summed E-state index contributed by atoms with van der Waals surface area (Å²) in [5, 5.41) is 9.88. The molecule has 0 atom stereocenters. The van der Waals surface area contributed by atoms with Gasteiger partial charge in [-0.25, -0.2) is 4.39 Å². The summed E-state index contributed by atoms with van der Waals surface area (Å²) >= 11 is 5.59. The Labute approximate surface area is 126 Å². The van der Waals surface area contributed by atoms with Crippen molar-refractivity contribution in [2.45, 2.75) is 6.18 Å². The summed E-state index contributed by atoms with van der Waals surface area (Å²) < 4.78 is 56.2. The second-order valence-corrected chi connectivity index (χ2v) is 4.44. The fourth-order valence-electron chi connectivity index (χ4n) is 1.52. The third-order valence-electron chi connectivity index (χ3n) is 2.51. The number of rotatable bonds is 3. The molecule has 115 valence electrons. The molecule has 1 radical (unpaired) electrons. The van der Waals surface area contributed by atoms with Gasteiger partial charge in [0.1, 0.15) is 5.75 Å². The minimum Gasteiger partial charge on any atom is -0.453 e. The number of nitro groups is 1. The van der Waals surface area contributed by atoms with Crippen molar-refractivity contribution in [3.8, 4) is 11.5 Å². The molecule has 0 amide bonds. The first-order chi connectivity index (χ1) is 10.2. The molecule has 0 saturated heterocycles. The van der Waals surface area contributed by atoms with Crippen molar-refractivity contribution in [1.82, 2.24) is 0 Å². The Morgan fingerprint density at radius 3 is 2.41 bits per heavy atom. The number of benzene rings is 2. The summed E-state index contributed by atoms with van der Waals surface area (Å²) in [5.74, 6) is -1.98. The summed E-state index contributed by atoms with van der Waals surface area (Å²) in [4.78, 5) is 9.76. The standard InChI is InChI=1S/C13H5ClF4NO3/c14-10-5-7(13(16,17)18)6-11(15)12(10)22-9-3-1-8(2-4-9)19(20)21/h1,3-6H. The van der Waals surface area contributed by atoms with Crippen LogP contribution in [0.25, 0.3) is 0 Å². The quantitative estimate of drug-likeness (QED) is 0.451. The van der Waals surface area contributed by atoms with Crippen LogP contribution in [0, 0.1) is 22.0 Å². The zero-order valence-corrected chi connectivity index (χ0v) is 11.2. The van der Waals surface area contributed by atoms with Crippen molar-refractivity contribution in [1.29, 1.82) is 0 Å². The zero-order valence-electron chi connectivity index (χ0n) is 10.4. The lowest BCUT2D eigenvalue weighted by Gasteiger charge is -2.12. The smallest absolute Gasteiger partial charge is 0.416 e. The summed E-state index contributed by atoms with van der Waals surface area (Å²) in [6.45, 7) is 0. The van der Waals surface area contributed by atoms with Crippen molar-refractivity contribution >= 4 is 17.3 Å². The molecule has 0 spiro atoms. The van der Waals surface area contributed by atoms with Crippen LogP contribution in [0.3, 0.4) is 0 Å². The molecule has 0 unspecified atom stereocenters. The summed E-state index contributed by atoms with van der Waals surface area (Å²) in [6, 6.07) is 6.27. The van der Waals surface area contributed by atoms with E-state index in [4.69, 9.17) is 16.3 Å². The monoisotopic (exact) mass is 334 g/mol. The van der Waals surface area contributed by atoms with Crippen molar-refractivity contribution in [2.24, 2.45) is 0 Å². The molecule has 0 aliphatic heterocycles. The van der Waals surface area contributed by atoms with Gasteiger partial charge in [-0.1, -0.05) is 11.6 Å². The van der Waals surface area contributed by atoms with Crippen molar-refractivity contribution < 1.29 is 27.2 Å². The highest BCUT2D eigenvalue weighted by atomic mass is 35.5. The molecule has 0 aliphatic carbocycles. The van der Waals surface area contributed by atoms with Crippen LogP contribution in [-0.2, 0) is 6.18 Å². The van der Waals surface area contributed by atoms with Gasteiger partial charge in [0.05, 0.1) is 21.6 Å². The minimum absolute atomic E-state index is 0.0637. The van der Waals surface area contributed by atoms with E-state index >= 15 is 0 Å². The number of nitro benzene ring substituents is 1. The number of hydrogen-bond acceptors (Lipinski definition) is 3. The highest BCUT2D eigenvalue weighted by Crippen LogP contribution is 2.38. The first-order valence-electron chi connectivity index (χ1n) is 5.58. The maximum atomic E-state index is 13.7. The normalized spacial score (nSPS) is 11.3. The molecule has 4 nitrogen and oxygen atoms in total. The highest BCUT2D eigenvalue weighted by molar-refractivity contribution is 6.32. The Hall–Kier alpha value is -2.35. The summed E-state index contributed by atoms with van der Waals surface area (Å²) in [5.41, 5.74) is -1.59. The third-order valence-corrected chi connectivity index (χ3v) is 2.79. The van der Waals surface area contributed by atoms with Crippen LogP contribution in [0.2, 0.25) is 5.02 Å². The molecule has 0 bridgehead atoms. The van der Waals surface area contributed by atoms with Crippen LogP contribution in [0.5, 0.6) is 11.5 Å². The Morgan fingerprint density at radius 2 is 1.95 bits per heavy atom. The lowest BCUT2D eigenvalue weighted by atomic mass is 10.2. The van der Waals surface area contributed by atoms with E-state index in [1.54, 1.807) is 0 Å². The van der Waals surface area contributed by atoms with Crippen molar-refractivity contribution in [3.05, 3.63) is 62.9 Å². The average Bonchev–Trinajstić information content (AvgIpc) is 2.42. The van der Waals surface area contributed by atoms with E-state index in [1.165, 1.54) is 0 Å². The number of hydrogen-bond donors (Lipinski definition) is 0. The van der Waals surface area contributed by atoms with E-state index in [1.807, 2.05) is 0 Å². The van der Waals surface area contributed by atoms with Crippen LogP contribution in [0.1, 0.15) is 5.56 Å². The first kappa shape index (κ1) is 16.0. The number of ether oxygens (including phenoxy) is 1. The van der Waals surface area contributed by atoms with E-state index in [0.717, 1.165) is 18.2 Å². The molecule has 2 aromatic rings. The second kappa shape index (κ2) is 5.80. The predicted octanol–water partition coefficient (Wildman–Crippen LogP) is 5.00.